The first-order valence-corrected chi connectivity index (χ1v) is 26.1. The SMILES string of the molecule is CN1CCN(c2ccc(Nc3ncc4c(=O)n5n(c4n3)-c3cccc(n3)[C@@](C)(O)CC/C=C\C5)cc2)CC1.CN1CCN(c2ccc(Nc3ncc4c(=O)n5n(c4n3)-c3cccc(n3)[C@](C)(O)CC/C=C\C5)cc2)CC1. The number of fused-ring (bicyclic) bond motifs is 12. The number of pyridine rings is 2. The molecule has 0 saturated carbocycles. The molecular formula is C56H64N16O4. The number of aliphatic hydroxyl groups is 2. The number of benzene rings is 2. The number of nitrogens with zero attached hydrogens (tertiary/aromatic N) is 14. The normalized spacial score (nSPS) is 21.1. The number of piperazine rings is 2. The Bertz CT molecular complexity index is 3330. The second kappa shape index (κ2) is 20.9. The molecule has 12 rings (SSSR count). The number of hydrogen-bond donors (Lipinski definition) is 4. The van der Waals surface area contributed by atoms with Crippen molar-refractivity contribution < 1.29 is 10.2 Å². The minimum atomic E-state index is -1.09. The van der Waals surface area contributed by atoms with E-state index in [4.69, 9.17) is 19.9 Å². The predicted octanol–water partition coefficient (Wildman–Crippen LogP) is 6.06. The molecule has 4 bridgehead atoms. The van der Waals surface area contributed by atoms with Crippen LogP contribution in [0, 0.1) is 0 Å². The van der Waals surface area contributed by atoms with Crippen molar-refractivity contribution >= 4 is 56.7 Å². The van der Waals surface area contributed by atoms with Crippen molar-refractivity contribution in [3.05, 3.63) is 154 Å². The Labute approximate surface area is 439 Å². The second-order valence-corrected chi connectivity index (χ2v) is 20.5. The highest BCUT2D eigenvalue weighted by Crippen LogP contribution is 2.30. The lowest BCUT2D eigenvalue weighted by Crippen LogP contribution is -2.44. The first-order valence-electron chi connectivity index (χ1n) is 26.1. The van der Waals surface area contributed by atoms with Gasteiger partial charge in [0.05, 0.1) is 24.5 Å². The number of allylic oxidation sites excluding steroid dienone is 4. The largest absolute Gasteiger partial charge is 0.384 e. The molecule has 0 aliphatic carbocycles. The number of likely N-dealkylation sites (N-methyl/N-ethyl adjacent to an activating group) is 2. The first-order chi connectivity index (χ1) is 36.8. The van der Waals surface area contributed by atoms with Crippen LogP contribution in [0.4, 0.5) is 34.6 Å². The maximum absolute atomic E-state index is 13.3. The summed E-state index contributed by atoms with van der Waals surface area (Å²) in [6.45, 7) is 12.5. The van der Waals surface area contributed by atoms with E-state index in [2.05, 4.69) is 78.6 Å². The molecule has 4 aliphatic heterocycles. The van der Waals surface area contributed by atoms with Gasteiger partial charge >= 0.3 is 0 Å². The average molecular weight is 1030 g/mol. The van der Waals surface area contributed by atoms with Crippen LogP contribution in [0.3, 0.4) is 0 Å². The fourth-order valence-corrected chi connectivity index (χ4v) is 10.1. The molecule has 6 aromatic heterocycles. The Morgan fingerprint density at radius 2 is 0.895 bits per heavy atom. The third-order valence-corrected chi connectivity index (χ3v) is 14.8. The molecule has 0 spiro atoms. The summed E-state index contributed by atoms with van der Waals surface area (Å²) < 4.78 is 6.65. The Hall–Kier alpha value is -8.04. The standard InChI is InChI=1S/2C28H32N8O2/c2*1-28(38)13-4-3-5-14-35-26(37)22-19-29-27(32-25(22)36(35)24-8-6-7-23(28)31-24)30-20-9-11-21(12-10-20)34-17-15-33(2)16-18-34/h2*3,5-12,19,38H,4,13-18H2,1-2H3,(H,29,30,32)/b2*5-3-/t2*28-/m10/s1. The van der Waals surface area contributed by atoms with Crippen LogP contribution in [0.2, 0.25) is 0 Å². The van der Waals surface area contributed by atoms with Crippen LogP contribution in [0.25, 0.3) is 33.7 Å². The Morgan fingerprint density at radius 1 is 0.500 bits per heavy atom. The summed E-state index contributed by atoms with van der Waals surface area (Å²) in [7, 11) is 4.30. The summed E-state index contributed by atoms with van der Waals surface area (Å²) in [5, 5.41) is 29.4. The van der Waals surface area contributed by atoms with Crippen molar-refractivity contribution in [2.75, 3.05) is 86.9 Å². The summed E-state index contributed by atoms with van der Waals surface area (Å²) in [4.78, 5) is 64.0. The molecule has 0 radical (unpaired) electrons. The molecule has 10 heterocycles. The maximum Gasteiger partial charge on any atom is 0.278 e. The van der Waals surface area contributed by atoms with Gasteiger partial charge in [-0.1, -0.05) is 36.4 Å². The van der Waals surface area contributed by atoms with E-state index in [1.54, 1.807) is 45.0 Å². The summed E-state index contributed by atoms with van der Waals surface area (Å²) in [6.07, 6.45) is 13.4. The topological polar surface area (TPSA) is 209 Å². The molecule has 8 aromatic rings. The van der Waals surface area contributed by atoms with Gasteiger partial charge in [0.25, 0.3) is 11.1 Å². The Balaban J connectivity index is 0.000000162. The molecule has 392 valence electrons. The van der Waals surface area contributed by atoms with E-state index >= 15 is 0 Å². The highest BCUT2D eigenvalue weighted by molar-refractivity contribution is 5.78. The number of anilines is 6. The van der Waals surface area contributed by atoms with Gasteiger partial charge in [0, 0.05) is 87.5 Å². The van der Waals surface area contributed by atoms with Gasteiger partial charge in [0.15, 0.2) is 22.9 Å². The van der Waals surface area contributed by atoms with E-state index in [9.17, 15) is 19.8 Å². The monoisotopic (exact) mass is 1020 g/mol. The predicted molar refractivity (Wildman–Crippen MR) is 297 cm³/mol. The lowest BCUT2D eigenvalue weighted by molar-refractivity contribution is 0.0439. The van der Waals surface area contributed by atoms with Crippen molar-refractivity contribution in [1.82, 2.24) is 58.4 Å². The van der Waals surface area contributed by atoms with Gasteiger partial charge in [-0.25, -0.2) is 38.7 Å². The highest BCUT2D eigenvalue weighted by atomic mass is 16.3. The summed E-state index contributed by atoms with van der Waals surface area (Å²) in [5.41, 5.74) is 3.58. The zero-order chi connectivity index (χ0) is 52.6. The lowest BCUT2D eigenvalue weighted by atomic mass is 9.95. The van der Waals surface area contributed by atoms with E-state index in [0.29, 0.717) is 95.8 Å². The van der Waals surface area contributed by atoms with Crippen LogP contribution in [-0.2, 0) is 24.3 Å². The molecule has 4 N–H and O–H groups in total. The van der Waals surface area contributed by atoms with Crippen LogP contribution in [-0.4, -0.2) is 135 Å². The van der Waals surface area contributed by atoms with Gasteiger partial charge in [-0.2, -0.15) is 9.97 Å². The fraction of sp³-hybridized carbons (Fsp3) is 0.357. The molecule has 2 fully saturated rings. The van der Waals surface area contributed by atoms with Gasteiger partial charge in [0.1, 0.15) is 22.0 Å². The van der Waals surface area contributed by atoms with E-state index in [0.717, 1.165) is 63.7 Å². The van der Waals surface area contributed by atoms with Crippen LogP contribution in [0.1, 0.15) is 50.9 Å². The Kier molecular flexibility index (Phi) is 13.8. The summed E-state index contributed by atoms with van der Waals surface area (Å²) >= 11 is 0. The smallest absolute Gasteiger partial charge is 0.278 e. The zero-order valence-corrected chi connectivity index (χ0v) is 43.4. The molecule has 4 aliphatic rings. The maximum atomic E-state index is 13.3. The first kappa shape index (κ1) is 50.1. The van der Waals surface area contributed by atoms with E-state index in [1.165, 1.54) is 11.4 Å². The number of nitrogens with one attached hydrogen (secondary N) is 2. The van der Waals surface area contributed by atoms with Crippen molar-refractivity contribution in [3.8, 4) is 11.6 Å². The van der Waals surface area contributed by atoms with E-state index in [1.807, 2.05) is 85.0 Å². The molecule has 20 nitrogen and oxygen atoms in total. The summed E-state index contributed by atoms with van der Waals surface area (Å²) in [6, 6.07) is 27.5. The van der Waals surface area contributed by atoms with Crippen LogP contribution < -0.4 is 31.6 Å². The molecule has 2 atom stereocenters. The van der Waals surface area contributed by atoms with Crippen molar-refractivity contribution in [3.63, 3.8) is 0 Å². The zero-order valence-electron chi connectivity index (χ0n) is 43.4. The molecule has 20 heteroatoms. The number of aromatic nitrogens is 10. The number of hydrogen-bond acceptors (Lipinski definition) is 16. The second-order valence-electron chi connectivity index (χ2n) is 20.5. The van der Waals surface area contributed by atoms with E-state index < -0.39 is 11.2 Å². The third kappa shape index (κ3) is 10.4. The molecular weight excluding hydrogens is 961 g/mol. The molecule has 2 aromatic carbocycles. The van der Waals surface area contributed by atoms with Gasteiger partial charge in [-0.15, -0.1) is 0 Å². The van der Waals surface area contributed by atoms with E-state index in [-0.39, 0.29) is 11.1 Å². The molecule has 2 saturated heterocycles. The average Bonchev–Trinajstić information content (AvgIpc) is 3.91. The van der Waals surface area contributed by atoms with Gasteiger partial charge in [-0.3, -0.25) is 9.59 Å². The van der Waals surface area contributed by atoms with Crippen LogP contribution in [0.15, 0.2) is 131 Å². The number of rotatable bonds is 6. The quantitative estimate of drug-likeness (QED) is 0.140. The summed E-state index contributed by atoms with van der Waals surface area (Å²) in [5.74, 6) is 1.82. The van der Waals surface area contributed by atoms with Crippen molar-refractivity contribution in [2.24, 2.45) is 0 Å². The molecule has 0 unspecified atom stereocenters. The minimum absolute atomic E-state index is 0.189. The highest BCUT2D eigenvalue weighted by Gasteiger charge is 2.28. The van der Waals surface area contributed by atoms with Gasteiger partial charge < -0.3 is 40.4 Å². The lowest BCUT2D eigenvalue weighted by Gasteiger charge is -2.34. The third-order valence-electron chi connectivity index (χ3n) is 14.8. The van der Waals surface area contributed by atoms with Crippen molar-refractivity contribution in [2.45, 2.75) is 63.8 Å². The minimum Gasteiger partial charge on any atom is -0.384 e. The van der Waals surface area contributed by atoms with Gasteiger partial charge in [-0.05, 0) is 126 Å². The fourth-order valence-electron chi connectivity index (χ4n) is 10.1. The molecule has 76 heavy (non-hydrogen) atoms. The van der Waals surface area contributed by atoms with Crippen LogP contribution in [0.5, 0.6) is 0 Å². The van der Waals surface area contributed by atoms with Crippen molar-refractivity contribution in [1.29, 1.82) is 0 Å². The molecule has 0 amide bonds. The Morgan fingerprint density at radius 3 is 1.29 bits per heavy atom. The van der Waals surface area contributed by atoms with Crippen LogP contribution >= 0.6 is 0 Å². The van der Waals surface area contributed by atoms with Gasteiger partial charge in [0.2, 0.25) is 11.9 Å².